The molecule has 0 radical (unpaired) electrons. The van der Waals surface area contributed by atoms with Gasteiger partial charge in [-0.3, -0.25) is 9.59 Å². The highest BCUT2D eigenvalue weighted by atomic mass is 16.6. The number of primary amides is 1. The number of nitrogens with one attached hydrogen (secondary N) is 1. The van der Waals surface area contributed by atoms with Gasteiger partial charge in [0.2, 0.25) is 0 Å². The van der Waals surface area contributed by atoms with Crippen LogP contribution in [0.25, 0.3) is 0 Å². The number of esters is 1. The molecule has 0 aliphatic rings. The second-order valence-corrected chi connectivity index (χ2v) is 5.39. The van der Waals surface area contributed by atoms with Crippen molar-refractivity contribution < 1.29 is 23.9 Å². The van der Waals surface area contributed by atoms with Gasteiger partial charge in [0.05, 0.1) is 11.3 Å². The van der Waals surface area contributed by atoms with Gasteiger partial charge in [0.25, 0.3) is 11.8 Å². The molecule has 2 rings (SSSR count). The van der Waals surface area contributed by atoms with Gasteiger partial charge < -0.3 is 20.5 Å². The van der Waals surface area contributed by atoms with Crippen molar-refractivity contribution in [3.8, 4) is 5.75 Å². The number of benzene rings is 2. The number of anilines is 1. The highest BCUT2D eigenvalue weighted by Crippen LogP contribution is 2.15. The molecule has 0 fully saturated rings. The molecule has 1 atom stereocenters. The van der Waals surface area contributed by atoms with E-state index in [2.05, 4.69) is 5.32 Å². The number of carbonyl (C=O) groups is 3. The lowest BCUT2D eigenvalue weighted by Gasteiger charge is -2.16. The van der Waals surface area contributed by atoms with Gasteiger partial charge in [-0.05, 0) is 30.7 Å². The largest absolute Gasteiger partial charge is 0.479 e. The van der Waals surface area contributed by atoms with Crippen molar-refractivity contribution in [2.45, 2.75) is 19.4 Å². The van der Waals surface area contributed by atoms with Crippen LogP contribution in [0.5, 0.6) is 5.75 Å². The standard InChI is InChI=1S/C19H20N2O5/c1-2-16(26-13-8-4-3-5-9-13)19(24)25-12-17(22)21-15-11-7-6-10-14(15)18(20)23/h3-11,16H,2,12H2,1H3,(H2,20,23)(H,21,22)/t16-/m1/s1. The second kappa shape index (κ2) is 9.22. The Morgan fingerprint density at radius 2 is 1.69 bits per heavy atom. The van der Waals surface area contributed by atoms with Crippen LogP contribution >= 0.6 is 0 Å². The quantitative estimate of drug-likeness (QED) is 0.705. The summed E-state index contributed by atoms with van der Waals surface area (Å²) in [6.45, 7) is 1.28. The van der Waals surface area contributed by atoms with Crippen LogP contribution in [0.3, 0.4) is 0 Å². The molecule has 0 bridgehead atoms. The summed E-state index contributed by atoms with van der Waals surface area (Å²) in [6, 6.07) is 15.2. The number of hydrogen-bond acceptors (Lipinski definition) is 5. The molecule has 3 N–H and O–H groups in total. The summed E-state index contributed by atoms with van der Waals surface area (Å²) >= 11 is 0. The Balaban J connectivity index is 1.90. The van der Waals surface area contributed by atoms with E-state index in [4.69, 9.17) is 15.2 Å². The van der Waals surface area contributed by atoms with Crippen molar-refractivity contribution in [1.82, 2.24) is 0 Å². The van der Waals surface area contributed by atoms with Crippen molar-refractivity contribution >= 4 is 23.5 Å². The van der Waals surface area contributed by atoms with Gasteiger partial charge in [0.1, 0.15) is 5.75 Å². The average molecular weight is 356 g/mol. The first-order valence-electron chi connectivity index (χ1n) is 8.08. The number of para-hydroxylation sites is 2. The first-order chi connectivity index (χ1) is 12.5. The molecular weight excluding hydrogens is 336 g/mol. The number of carbonyl (C=O) groups excluding carboxylic acids is 3. The minimum absolute atomic E-state index is 0.172. The Bertz CT molecular complexity index is 777. The molecule has 0 spiro atoms. The van der Waals surface area contributed by atoms with E-state index in [1.54, 1.807) is 43.3 Å². The summed E-state index contributed by atoms with van der Waals surface area (Å²) in [4.78, 5) is 35.4. The van der Waals surface area contributed by atoms with Crippen LogP contribution in [0.15, 0.2) is 54.6 Å². The molecule has 0 saturated heterocycles. The molecule has 26 heavy (non-hydrogen) atoms. The maximum Gasteiger partial charge on any atom is 0.347 e. The van der Waals surface area contributed by atoms with E-state index in [-0.39, 0.29) is 11.3 Å². The van der Waals surface area contributed by atoms with Gasteiger partial charge in [-0.15, -0.1) is 0 Å². The minimum Gasteiger partial charge on any atom is -0.479 e. The molecule has 0 aliphatic heterocycles. The number of amides is 2. The molecule has 0 aliphatic carbocycles. The van der Waals surface area contributed by atoms with E-state index in [9.17, 15) is 14.4 Å². The predicted octanol–water partition coefficient (Wildman–Crippen LogP) is 2.12. The Morgan fingerprint density at radius 1 is 1.04 bits per heavy atom. The number of hydrogen-bond donors (Lipinski definition) is 2. The van der Waals surface area contributed by atoms with Crippen LogP contribution < -0.4 is 15.8 Å². The van der Waals surface area contributed by atoms with E-state index >= 15 is 0 Å². The second-order valence-electron chi connectivity index (χ2n) is 5.39. The zero-order chi connectivity index (χ0) is 18.9. The molecule has 7 nitrogen and oxygen atoms in total. The van der Waals surface area contributed by atoms with Gasteiger partial charge in [0, 0.05) is 0 Å². The van der Waals surface area contributed by atoms with Crippen molar-refractivity contribution in [1.29, 1.82) is 0 Å². The Morgan fingerprint density at radius 3 is 2.35 bits per heavy atom. The van der Waals surface area contributed by atoms with E-state index in [1.807, 2.05) is 6.07 Å². The minimum atomic E-state index is -0.817. The highest BCUT2D eigenvalue weighted by Gasteiger charge is 2.21. The Hall–Kier alpha value is -3.35. The fourth-order valence-corrected chi connectivity index (χ4v) is 2.18. The van der Waals surface area contributed by atoms with Crippen LogP contribution in [-0.4, -0.2) is 30.5 Å². The first-order valence-corrected chi connectivity index (χ1v) is 8.08. The van der Waals surface area contributed by atoms with Crippen molar-refractivity contribution in [3.05, 3.63) is 60.2 Å². The maximum absolute atomic E-state index is 12.1. The van der Waals surface area contributed by atoms with Crippen LogP contribution in [0.1, 0.15) is 23.7 Å². The lowest BCUT2D eigenvalue weighted by Crippen LogP contribution is -2.31. The summed E-state index contributed by atoms with van der Waals surface area (Å²) < 4.78 is 10.6. The smallest absolute Gasteiger partial charge is 0.347 e. The molecule has 136 valence electrons. The molecule has 0 saturated carbocycles. The third kappa shape index (κ3) is 5.34. The van der Waals surface area contributed by atoms with E-state index in [1.165, 1.54) is 12.1 Å². The summed E-state index contributed by atoms with van der Waals surface area (Å²) in [6.07, 6.45) is -0.428. The molecule has 0 unspecified atom stereocenters. The molecule has 0 aromatic heterocycles. The molecule has 0 heterocycles. The lowest BCUT2D eigenvalue weighted by atomic mass is 10.1. The lowest BCUT2D eigenvalue weighted by molar-refractivity contribution is -0.154. The molecule has 2 aromatic carbocycles. The molecule has 2 amide bonds. The van der Waals surface area contributed by atoms with E-state index < -0.39 is 30.5 Å². The summed E-state index contributed by atoms with van der Waals surface area (Å²) in [7, 11) is 0. The third-order valence-electron chi connectivity index (χ3n) is 3.47. The zero-order valence-corrected chi connectivity index (χ0v) is 14.3. The first kappa shape index (κ1) is 19.0. The van der Waals surface area contributed by atoms with E-state index in [0.717, 1.165) is 0 Å². The van der Waals surface area contributed by atoms with Crippen LogP contribution in [0.4, 0.5) is 5.69 Å². The predicted molar refractivity (Wildman–Crippen MR) is 95.7 cm³/mol. The summed E-state index contributed by atoms with van der Waals surface area (Å²) in [5, 5.41) is 2.50. The van der Waals surface area contributed by atoms with Gasteiger partial charge in [0.15, 0.2) is 12.7 Å². The van der Waals surface area contributed by atoms with Crippen molar-refractivity contribution in [2.24, 2.45) is 5.73 Å². The zero-order valence-electron chi connectivity index (χ0n) is 14.3. The van der Waals surface area contributed by atoms with Crippen molar-refractivity contribution in [3.63, 3.8) is 0 Å². The van der Waals surface area contributed by atoms with Gasteiger partial charge in [-0.25, -0.2) is 4.79 Å². The fraction of sp³-hybridized carbons (Fsp3) is 0.211. The number of rotatable bonds is 8. The SMILES string of the molecule is CC[C@@H](Oc1ccccc1)C(=O)OCC(=O)Nc1ccccc1C(N)=O. The van der Waals surface area contributed by atoms with Crippen LogP contribution in [-0.2, 0) is 14.3 Å². The molecular formula is C19H20N2O5. The topological polar surface area (TPSA) is 108 Å². The van der Waals surface area contributed by atoms with Crippen LogP contribution in [0.2, 0.25) is 0 Å². The number of ether oxygens (including phenoxy) is 2. The van der Waals surface area contributed by atoms with Gasteiger partial charge in [-0.1, -0.05) is 37.3 Å². The summed E-state index contributed by atoms with van der Waals surface area (Å²) in [5.74, 6) is -1.35. The third-order valence-corrected chi connectivity index (χ3v) is 3.47. The normalized spacial score (nSPS) is 11.3. The summed E-state index contributed by atoms with van der Waals surface area (Å²) in [5.41, 5.74) is 5.68. The average Bonchev–Trinajstić information content (AvgIpc) is 2.65. The monoisotopic (exact) mass is 356 g/mol. The number of nitrogens with two attached hydrogens (primary N) is 1. The van der Waals surface area contributed by atoms with Gasteiger partial charge in [-0.2, -0.15) is 0 Å². The highest BCUT2D eigenvalue weighted by molar-refractivity contribution is 6.03. The fourth-order valence-electron chi connectivity index (χ4n) is 2.18. The van der Waals surface area contributed by atoms with Crippen LogP contribution in [0, 0.1) is 0 Å². The Labute approximate surface area is 151 Å². The molecule has 2 aromatic rings. The van der Waals surface area contributed by atoms with Gasteiger partial charge >= 0.3 is 5.97 Å². The van der Waals surface area contributed by atoms with E-state index in [0.29, 0.717) is 12.2 Å². The van der Waals surface area contributed by atoms with Crippen molar-refractivity contribution in [2.75, 3.05) is 11.9 Å². The maximum atomic E-state index is 12.1. The molecule has 7 heteroatoms. The Kier molecular flexibility index (Phi) is 6.73.